The van der Waals surface area contributed by atoms with Gasteiger partial charge in [-0.3, -0.25) is 14.4 Å². The number of fused-ring (bicyclic) bond motifs is 4. The Hall–Kier alpha value is -4.08. The Morgan fingerprint density at radius 1 is 1.14 bits per heavy atom. The Morgan fingerprint density at radius 2 is 1.90 bits per heavy atom. The van der Waals surface area contributed by atoms with E-state index in [0.717, 1.165) is 62.1 Å². The topological polar surface area (TPSA) is 94.5 Å². The zero-order chi connectivity index (χ0) is 30.0. The summed E-state index contributed by atoms with van der Waals surface area (Å²) in [5.41, 5.74) is 7.43. The molecule has 0 unspecified atom stereocenters. The lowest BCUT2D eigenvalue weighted by Gasteiger charge is -2.34. The maximum Gasteiger partial charge on any atom is 0.335 e. The molecule has 5 aromatic rings. The molecule has 218 valence electrons. The van der Waals surface area contributed by atoms with Crippen molar-refractivity contribution < 1.29 is 19.4 Å². The highest BCUT2D eigenvalue weighted by molar-refractivity contribution is 6.35. The average Bonchev–Trinajstić information content (AvgIpc) is 3.55. The van der Waals surface area contributed by atoms with Crippen LogP contribution >= 0.6 is 11.6 Å². The third kappa shape index (κ3) is 4.14. The minimum Gasteiger partial charge on any atom is -0.478 e. The zero-order valence-corrected chi connectivity index (χ0v) is 25.4. The molecule has 0 spiro atoms. The molecule has 1 N–H and O–H groups in total. The fourth-order valence-electron chi connectivity index (χ4n) is 6.62. The number of aromatic nitrogens is 4. The van der Waals surface area contributed by atoms with E-state index in [2.05, 4.69) is 16.6 Å². The maximum absolute atomic E-state index is 14.6. The van der Waals surface area contributed by atoms with Gasteiger partial charge in [0.05, 0.1) is 21.8 Å². The number of methoxy groups -OCH3 is 1. The Morgan fingerprint density at radius 3 is 2.57 bits per heavy atom. The average molecular weight is 588 g/mol. The Balaban J connectivity index is 1.60. The summed E-state index contributed by atoms with van der Waals surface area (Å²) >= 11 is 6.97. The van der Waals surface area contributed by atoms with E-state index in [0.29, 0.717) is 30.3 Å². The minimum atomic E-state index is -0.983. The van der Waals surface area contributed by atoms with Crippen molar-refractivity contribution in [1.82, 2.24) is 18.9 Å². The van der Waals surface area contributed by atoms with Crippen LogP contribution in [0.15, 0.2) is 36.4 Å². The summed E-state index contributed by atoms with van der Waals surface area (Å²) in [5, 5.41) is 16.6. The van der Waals surface area contributed by atoms with E-state index in [4.69, 9.17) is 16.3 Å². The number of anilines is 1. The van der Waals surface area contributed by atoms with Gasteiger partial charge in [-0.25, -0.2) is 4.79 Å². The molecule has 9 nitrogen and oxygen atoms in total. The molecule has 1 aliphatic rings. The summed E-state index contributed by atoms with van der Waals surface area (Å²) < 4.78 is 11.4. The summed E-state index contributed by atoms with van der Waals surface area (Å²) in [6.45, 7) is 7.18. The number of nitrogens with zero attached hydrogens (tertiary/aromatic N) is 5. The van der Waals surface area contributed by atoms with E-state index in [-0.39, 0.29) is 17.5 Å². The van der Waals surface area contributed by atoms with Crippen LogP contribution < -0.4 is 4.90 Å². The molecule has 0 saturated carbocycles. The summed E-state index contributed by atoms with van der Waals surface area (Å²) in [6.07, 6.45) is 1.43. The minimum absolute atomic E-state index is 0.0709. The molecule has 1 aliphatic heterocycles. The lowest BCUT2D eigenvalue weighted by atomic mass is 9.98. The normalized spacial score (nSPS) is 15.3. The highest BCUT2D eigenvalue weighted by Gasteiger charge is 2.37. The summed E-state index contributed by atoms with van der Waals surface area (Å²) in [7, 11) is 5.52. The molecular formula is C32H34ClN5O4. The monoisotopic (exact) mass is 587 g/mol. The second-order valence-corrected chi connectivity index (χ2v) is 11.6. The van der Waals surface area contributed by atoms with Crippen molar-refractivity contribution in [3.05, 3.63) is 69.6 Å². The summed E-state index contributed by atoms with van der Waals surface area (Å²) in [6, 6.07) is 10.8. The number of amides is 1. The maximum atomic E-state index is 14.6. The fourth-order valence-corrected chi connectivity index (χ4v) is 6.87. The van der Waals surface area contributed by atoms with E-state index >= 15 is 0 Å². The van der Waals surface area contributed by atoms with Crippen molar-refractivity contribution in [3.63, 3.8) is 0 Å². The standard InChI is InChI=1S/C32H34ClN5O4/c1-17-16-37(26-15-21-14-20(32(40)41)9-12-25(21)35(26)4)31(39)30-22(8-7-13-42-6)23-10-11-24(33)28(29(23)38(17)30)27-18(2)34-36(5)19(27)3/h9-12,14-15,17H,7-8,13,16H2,1-6H3,(H,40,41)/t17-/m1/s1. The quantitative estimate of drug-likeness (QED) is 0.225. The number of carboxylic acid groups (broad SMARTS) is 1. The van der Waals surface area contributed by atoms with Crippen molar-refractivity contribution in [2.24, 2.45) is 14.1 Å². The van der Waals surface area contributed by atoms with Gasteiger partial charge in [-0.2, -0.15) is 5.10 Å². The van der Waals surface area contributed by atoms with E-state index in [9.17, 15) is 14.7 Å². The van der Waals surface area contributed by atoms with Gasteiger partial charge in [0.15, 0.2) is 0 Å². The van der Waals surface area contributed by atoms with Crippen molar-refractivity contribution in [2.75, 3.05) is 25.2 Å². The first-order valence-corrected chi connectivity index (χ1v) is 14.4. The Kier molecular flexibility index (Phi) is 6.90. The molecule has 0 saturated heterocycles. The first-order valence-electron chi connectivity index (χ1n) is 14.0. The number of carbonyl (C=O) groups excluding carboxylic acids is 1. The lowest BCUT2D eigenvalue weighted by molar-refractivity contribution is 0.0696. The van der Waals surface area contributed by atoms with Gasteiger partial charge < -0.3 is 19.0 Å². The molecule has 3 aromatic heterocycles. The number of rotatable bonds is 7. The highest BCUT2D eigenvalue weighted by atomic mass is 35.5. The first kappa shape index (κ1) is 28.1. The number of ether oxygens (including phenoxy) is 1. The first-order chi connectivity index (χ1) is 20.0. The van der Waals surface area contributed by atoms with Gasteiger partial charge in [-0.15, -0.1) is 0 Å². The van der Waals surface area contributed by atoms with Crippen molar-refractivity contribution in [3.8, 4) is 11.1 Å². The molecular weight excluding hydrogens is 554 g/mol. The van der Waals surface area contributed by atoms with Crippen molar-refractivity contribution >= 4 is 51.1 Å². The van der Waals surface area contributed by atoms with Crippen LogP contribution in [0.4, 0.5) is 5.82 Å². The highest BCUT2D eigenvalue weighted by Crippen LogP contribution is 2.45. The number of hydrogen-bond acceptors (Lipinski definition) is 4. The Labute approximate surface area is 248 Å². The van der Waals surface area contributed by atoms with E-state index in [1.165, 1.54) is 0 Å². The van der Waals surface area contributed by atoms with Crippen LogP contribution in [0, 0.1) is 13.8 Å². The van der Waals surface area contributed by atoms with Crippen molar-refractivity contribution in [2.45, 2.75) is 39.7 Å². The molecule has 10 heteroatoms. The van der Waals surface area contributed by atoms with Gasteiger partial charge >= 0.3 is 5.97 Å². The molecule has 4 heterocycles. The van der Waals surface area contributed by atoms with Gasteiger partial charge in [-0.1, -0.05) is 17.7 Å². The van der Waals surface area contributed by atoms with Gasteiger partial charge in [0.25, 0.3) is 5.91 Å². The van der Waals surface area contributed by atoms with Crippen molar-refractivity contribution in [1.29, 1.82) is 0 Å². The van der Waals surface area contributed by atoms with Gasteiger partial charge in [0, 0.05) is 73.5 Å². The van der Waals surface area contributed by atoms with E-state index in [1.54, 1.807) is 25.3 Å². The van der Waals surface area contributed by atoms with Crippen LogP contribution in [0.25, 0.3) is 32.9 Å². The molecule has 1 atom stereocenters. The number of carbonyl (C=O) groups is 2. The molecule has 0 radical (unpaired) electrons. The van der Waals surface area contributed by atoms with E-state index in [1.807, 2.05) is 60.3 Å². The SMILES string of the molecule is COCCCc1c2n(c3c(-c4c(C)nn(C)c4C)c(Cl)ccc13)[C@H](C)CN(c1cc3cc(C(=O)O)ccc3n1C)C2=O. The van der Waals surface area contributed by atoms with Gasteiger partial charge in [0.1, 0.15) is 11.5 Å². The second-order valence-electron chi connectivity index (χ2n) is 11.2. The van der Waals surface area contributed by atoms with Crippen LogP contribution in [0.3, 0.4) is 0 Å². The van der Waals surface area contributed by atoms with Crippen LogP contribution in [0.5, 0.6) is 0 Å². The number of aromatic carboxylic acids is 1. The zero-order valence-electron chi connectivity index (χ0n) is 24.7. The lowest BCUT2D eigenvalue weighted by Crippen LogP contribution is -2.43. The van der Waals surface area contributed by atoms with Crippen LogP contribution in [0.2, 0.25) is 5.02 Å². The van der Waals surface area contributed by atoms with Gasteiger partial charge in [-0.05, 0) is 69.5 Å². The Bertz CT molecular complexity index is 1910. The molecule has 0 fully saturated rings. The molecule has 6 rings (SSSR count). The number of halogens is 1. The molecule has 0 aliphatic carbocycles. The molecule has 42 heavy (non-hydrogen) atoms. The van der Waals surface area contributed by atoms with Crippen LogP contribution in [0.1, 0.15) is 57.2 Å². The second kappa shape index (κ2) is 10.3. The third-order valence-corrected chi connectivity index (χ3v) is 8.95. The number of hydrogen-bond donors (Lipinski definition) is 1. The van der Waals surface area contributed by atoms with Gasteiger partial charge in [0.2, 0.25) is 0 Å². The smallest absolute Gasteiger partial charge is 0.335 e. The predicted octanol–water partition coefficient (Wildman–Crippen LogP) is 6.30. The number of benzene rings is 2. The molecule has 1 amide bonds. The summed E-state index contributed by atoms with van der Waals surface area (Å²) in [4.78, 5) is 28.0. The largest absolute Gasteiger partial charge is 0.478 e. The van der Waals surface area contributed by atoms with E-state index < -0.39 is 5.97 Å². The number of carboxylic acids is 1. The fraction of sp³-hybridized carbons (Fsp3) is 0.344. The molecule has 0 bridgehead atoms. The van der Waals surface area contributed by atoms with Crippen LogP contribution in [-0.4, -0.2) is 56.2 Å². The third-order valence-electron chi connectivity index (χ3n) is 8.63. The molecule has 2 aromatic carbocycles. The summed E-state index contributed by atoms with van der Waals surface area (Å²) in [5.74, 6) is -0.354. The predicted molar refractivity (Wildman–Crippen MR) is 165 cm³/mol. The van der Waals surface area contributed by atoms with Crippen LogP contribution in [-0.2, 0) is 25.3 Å². The number of aryl methyl sites for hydroxylation is 4.